The second-order valence-corrected chi connectivity index (χ2v) is 9.36. The zero-order valence-corrected chi connectivity index (χ0v) is 19.5. The summed E-state index contributed by atoms with van der Waals surface area (Å²) in [6.45, 7) is 13.1. The van der Waals surface area contributed by atoms with Crippen molar-refractivity contribution in [2.75, 3.05) is 79.3 Å². The normalized spacial score (nSPS) is 26.1. The Kier molecular flexibility index (Phi) is 10.2. The van der Waals surface area contributed by atoms with Crippen molar-refractivity contribution in [1.82, 2.24) is 20.4 Å². The predicted molar refractivity (Wildman–Crippen MR) is 123 cm³/mol. The van der Waals surface area contributed by atoms with Crippen molar-refractivity contribution in [3.05, 3.63) is 0 Å². The molecule has 0 saturated carbocycles. The summed E-state index contributed by atoms with van der Waals surface area (Å²) in [6.07, 6.45) is 8.66. The fourth-order valence-electron chi connectivity index (χ4n) is 4.89. The molecule has 7 nitrogen and oxygen atoms in total. The Bertz CT molecular complexity index is 496. The molecule has 1 unspecified atom stereocenters. The minimum absolute atomic E-state index is 0.238. The highest BCUT2D eigenvalue weighted by atomic mass is 16.5. The monoisotopic (exact) mass is 423 g/mol. The van der Waals surface area contributed by atoms with E-state index in [1.165, 1.54) is 58.3 Å². The molecule has 3 heterocycles. The van der Waals surface area contributed by atoms with Gasteiger partial charge in [-0.05, 0) is 78.7 Å². The van der Waals surface area contributed by atoms with E-state index in [0.29, 0.717) is 5.92 Å². The van der Waals surface area contributed by atoms with Crippen molar-refractivity contribution < 1.29 is 9.47 Å². The van der Waals surface area contributed by atoms with E-state index in [0.717, 1.165) is 64.9 Å². The molecule has 0 spiro atoms. The number of guanidine groups is 1. The summed E-state index contributed by atoms with van der Waals surface area (Å²) >= 11 is 0. The Morgan fingerprint density at radius 2 is 1.93 bits per heavy atom. The lowest BCUT2D eigenvalue weighted by atomic mass is 9.84. The molecule has 0 aliphatic carbocycles. The molecule has 0 aromatic rings. The molecule has 3 saturated heterocycles. The van der Waals surface area contributed by atoms with Gasteiger partial charge in [0, 0.05) is 37.8 Å². The fourth-order valence-corrected chi connectivity index (χ4v) is 4.89. The largest absolute Gasteiger partial charge is 0.381 e. The lowest BCUT2D eigenvalue weighted by molar-refractivity contribution is 0.0208. The van der Waals surface area contributed by atoms with Crippen LogP contribution in [0.15, 0.2) is 4.99 Å². The molecule has 0 radical (unpaired) electrons. The number of rotatable bonds is 10. The standard InChI is InChI=1S/C23H45N5O2/c1-3-24-22(25-11-7-16-29-18-21-8-17-30-19-21)26-20-23(9-14-27(2)15-10-23)28-12-5-4-6-13-28/h21H,3-20H2,1-2H3,(H2,24,25,26). The van der Waals surface area contributed by atoms with E-state index in [-0.39, 0.29) is 5.54 Å². The molecule has 0 aromatic heterocycles. The minimum atomic E-state index is 0.238. The van der Waals surface area contributed by atoms with Crippen LogP contribution in [0.2, 0.25) is 0 Å². The molecule has 3 fully saturated rings. The number of likely N-dealkylation sites (tertiary alicyclic amines) is 2. The SMILES string of the molecule is CCNC(=NCC1(N2CCCCC2)CCN(C)CC1)NCCCOCC1CCOC1. The molecule has 2 N–H and O–H groups in total. The molecule has 1 atom stereocenters. The molecule has 3 aliphatic heterocycles. The Hall–Kier alpha value is -0.890. The van der Waals surface area contributed by atoms with Gasteiger partial charge in [-0.1, -0.05) is 6.42 Å². The van der Waals surface area contributed by atoms with Gasteiger partial charge in [-0.25, -0.2) is 0 Å². The van der Waals surface area contributed by atoms with Crippen LogP contribution in [0.1, 0.15) is 51.9 Å². The van der Waals surface area contributed by atoms with Crippen LogP contribution < -0.4 is 10.6 Å². The van der Waals surface area contributed by atoms with Gasteiger partial charge in [0.15, 0.2) is 5.96 Å². The maximum atomic E-state index is 5.83. The van der Waals surface area contributed by atoms with Crippen molar-refractivity contribution in [3.63, 3.8) is 0 Å². The molecule has 0 amide bonds. The number of piperidine rings is 2. The molecule has 3 aliphatic rings. The summed E-state index contributed by atoms with van der Waals surface area (Å²) in [5, 5.41) is 6.96. The molecular weight excluding hydrogens is 378 g/mol. The molecule has 0 bridgehead atoms. The third-order valence-corrected chi connectivity index (χ3v) is 6.96. The highest BCUT2D eigenvalue weighted by molar-refractivity contribution is 5.79. The first-order valence-corrected chi connectivity index (χ1v) is 12.3. The Labute approximate surface area is 183 Å². The summed E-state index contributed by atoms with van der Waals surface area (Å²) < 4.78 is 11.2. The Morgan fingerprint density at radius 3 is 2.63 bits per heavy atom. The first-order chi connectivity index (χ1) is 14.7. The van der Waals surface area contributed by atoms with Crippen LogP contribution in [0.4, 0.5) is 0 Å². The van der Waals surface area contributed by atoms with Crippen LogP contribution in [0.5, 0.6) is 0 Å². The van der Waals surface area contributed by atoms with Gasteiger partial charge in [-0.2, -0.15) is 0 Å². The van der Waals surface area contributed by atoms with Crippen LogP contribution in [0, 0.1) is 5.92 Å². The first kappa shape index (κ1) is 23.8. The van der Waals surface area contributed by atoms with Crippen molar-refractivity contribution in [3.8, 4) is 0 Å². The quantitative estimate of drug-likeness (QED) is 0.318. The predicted octanol–water partition coefficient (Wildman–Crippen LogP) is 1.94. The van der Waals surface area contributed by atoms with Crippen LogP contribution >= 0.6 is 0 Å². The average Bonchev–Trinajstić information content (AvgIpc) is 3.30. The van der Waals surface area contributed by atoms with E-state index in [1.807, 2.05) is 0 Å². The average molecular weight is 424 g/mol. The topological polar surface area (TPSA) is 61.4 Å². The van der Waals surface area contributed by atoms with Gasteiger partial charge < -0.3 is 25.0 Å². The maximum absolute atomic E-state index is 5.83. The zero-order valence-electron chi connectivity index (χ0n) is 19.5. The number of nitrogens with one attached hydrogen (secondary N) is 2. The smallest absolute Gasteiger partial charge is 0.191 e. The summed E-state index contributed by atoms with van der Waals surface area (Å²) in [7, 11) is 2.25. The van der Waals surface area contributed by atoms with Crippen LogP contribution in [0.25, 0.3) is 0 Å². The van der Waals surface area contributed by atoms with Crippen LogP contribution in [-0.4, -0.2) is 101 Å². The van der Waals surface area contributed by atoms with E-state index in [4.69, 9.17) is 14.5 Å². The van der Waals surface area contributed by atoms with Gasteiger partial charge in [0.1, 0.15) is 0 Å². The Balaban J connectivity index is 1.45. The van der Waals surface area contributed by atoms with Gasteiger partial charge in [0.25, 0.3) is 0 Å². The summed E-state index contributed by atoms with van der Waals surface area (Å²) in [5.41, 5.74) is 0.238. The van der Waals surface area contributed by atoms with Gasteiger partial charge in [-0.3, -0.25) is 9.89 Å². The minimum Gasteiger partial charge on any atom is -0.381 e. The number of hydrogen-bond donors (Lipinski definition) is 2. The number of aliphatic imine (C=N–C) groups is 1. The van der Waals surface area contributed by atoms with E-state index < -0.39 is 0 Å². The van der Waals surface area contributed by atoms with Crippen molar-refractivity contribution in [1.29, 1.82) is 0 Å². The molecular formula is C23H45N5O2. The lowest BCUT2D eigenvalue weighted by Gasteiger charge is -2.49. The van der Waals surface area contributed by atoms with Gasteiger partial charge in [-0.15, -0.1) is 0 Å². The Morgan fingerprint density at radius 1 is 1.13 bits per heavy atom. The van der Waals surface area contributed by atoms with Crippen molar-refractivity contribution in [2.24, 2.45) is 10.9 Å². The number of hydrogen-bond acceptors (Lipinski definition) is 5. The number of nitrogens with zero attached hydrogens (tertiary/aromatic N) is 3. The molecule has 7 heteroatoms. The molecule has 0 aromatic carbocycles. The highest BCUT2D eigenvalue weighted by Gasteiger charge is 2.39. The van der Waals surface area contributed by atoms with E-state index >= 15 is 0 Å². The van der Waals surface area contributed by atoms with E-state index in [1.54, 1.807) is 0 Å². The van der Waals surface area contributed by atoms with Gasteiger partial charge >= 0.3 is 0 Å². The zero-order chi connectivity index (χ0) is 21.1. The summed E-state index contributed by atoms with van der Waals surface area (Å²) in [5.74, 6) is 1.55. The van der Waals surface area contributed by atoms with Gasteiger partial charge in [0.05, 0.1) is 19.8 Å². The summed E-state index contributed by atoms with van der Waals surface area (Å²) in [6, 6.07) is 0. The fraction of sp³-hybridized carbons (Fsp3) is 0.957. The van der Waals surface area contributed by atoms with Crippen molar-refractivity contribution >= 4 is 5.96 Å². The summed E-state index contributed by atoms with van der Waals surface area (Å²) in [4.78, 5) is 10.3. The molecule has 30 heavy (non-hydrogen) atoms. The van der Waals surface area contributed by atoms with Gasteiger partial charge in [0.2, 0.25) is 0 Å². The first-order valence-electron chi connectivity index (χ1n) is 12.3. The number of ether oxygens (including phenoxy) is 2. The van der Waals surface area contributed by atoms with Crippen LogP contribution in [0.3, 0.4) is 0 Å². The molecule has 3 rings (SSSR count). The van der Waals surface area contributed by atoms with Crippen molar-refractivity contribution in [2.45, 2.75) is 57.4 Å². The third-order valence-electron chi connectivity index (χ3n) is 6.96. The van der Waals surface area contributed by atoms with E-state index in [2.05, 4.69) is 34.4 Å². The maximum Gasteiger partial charge on any atom is 0.191 e. The third kappa shape index (κ3) is 7.36. The van der Waals surface area contributed by atoms with E-state index in [9.17, 15) is 0 Å². The second-order valence-electron chi connectivity index (χ2n) is 9.36. The highest BCUT2D eigenvalue weighted by Crippen LogP contribution is 2.31. The second kappa shape index (κ2) is 12.8. The van der Waals surface area contributed by atoms with Crippen LogP contribution in [-0.2, 0) is 9.47 Å². The lowest BCUT2D eigenvalue weighted by Crippen LogP contribution is -2.58. The molecule has 174 valence electrons.